The summed E-state index contributed by atoms with van der Waals surface area (Å²) in [6, 6.07) is 5.02. The van der Waals surface area contributed by atoms with Crippen LogP contribution in [0.25, 0.3) is 0 Å². The Balaban J connectivity index is 1.78. The van der Waals surface area contributed by atoms with Crippen molar-refractivity contribution in [3.8, 4) is 0 Å². The predicted molar refractivity (Wildman–Crippen MR) is 89.9 cm³/mol. The van der Waals surface area contributed by atoms with Gasteiger partial charge < -0.3 is 0 Å². The molecule has 0 aliphatic carbocycles. The van der Waals surface area contributed by atoms with E-state index in [1.165, 1.54) is 24.3 Å². The van der Waals surface area contributed by atoms with E-state index in [0.717, 1.165) is 17.6 Å². The fraction of sp³-hybridized carbons (Fsp3) is 0.286. The van der Waals surface area contributed by atoms with Crippen molar-refractivity contribution in [2.24, 2.45) is 0 Å². The molecule has 2 rings (SSSR count). The van der Waals surface area contributed by atoms with Gasteiger partial charge in [-0.3, -0.25) is 35.7 Å². The topological polar surface area (TPSA) is 143 Å². The van der Waals surface area contributed by atoms with Gasteiger partial charge in [-0.05, 0) is 12.1 Å². The molecule has 0 atom stereocenters. The molecule has 25 heavy (non-hydrogen) atoms. The highest BCUT2D eigenvalue weighted by Crippen LogP contribution is 2.15. The molecule has 1 aromatic heterocycles. The predicted octanol–water partition coefficient (Wildman–Crippen LogP) is 1.39. The number of carbonyl (C=O) groups excluding carboxylic acids is 2. The molecule has 0 aliphatic heterocycles. The van der Waals surface area contributed by atoms with Gasteiger partial charge in [0, 0.05) is 23.6 Å². The number of rotatable bonds is 6. The molecular weight excluding hydrogens is 348 g/mol. The van der Waals surface area contributed by atoms with Crippen LogP contribution in [0.15, 0.2) is 29.4 Å². The third-order valence-electron chi connectivity index (χ3n) is 3.02. The molecule has 0 bridgehead atoms. The SMILES string of the molecule is CC(C)c1nc(SCC(=O)NNC(=O)c2ccc([N+](=O)[O-])cc2)n[nH]1. The van der Waals surface area contributed by atoms with Gasteiger partial charge in [-0.2, -0.15) is 0 Å². The maximum atomic E-state index is 11.9. The third kappa shape index (κ3) is 5.28. The minimum Gasteiger partial charge on any atom is -0.272 e. The first kappa shape index (κ1) is 18.4. The van der Waals surface area contributed by atoms with Gasteiger partial charge in [-0.1, -0.05) is 25.6 Å². The molecule has 10 nitrogen and oxygen atoms in total. The van der Waals surface area contributed by atoms with Crippen molar-refractivity contribution in [1.82, 2.24) is 26.0 Å². The summed E-state index contributed by atoms with van der Waals surface area (Å²) in [4.78, 5) is 37.8. The van der Waals surface area contributed by atoms with Crippen LogP contribution in [0.1, 0.15) is 35.9 Å². The van der Waals surface area contributed by atoms with Gasteiger partial charge in [0.2, 0.25) is 11.1 Å². The Hall–Kier alpha value is -2.95. The molecule has 1 aromatic carbocycles. The van der Waals surface area contributed by atoms with Gasteiger partial charge in [-0.25, -0.2) is 4.98 Å². The highest BCUT2D eigenvalue weighted by Gasteiger charge is 2.12. The molecule has 0 saturated heterocycles. The molecule has 0 unspecified atom stereocenters. The maximum absolute atomic E-state index is 11.9. The average Bonchev–Trinajstić information content (AvgIpc) is 3.07. The number of hydrazine groups is 1. The lowest BCUT2D eigenvalue weighted by Crippen LogP contribution is -2.42. The number of carbonyl (C=O) groups is 2. The van der Waals surface area contributed by atoms with E-state index in [1.54, 1.807) is 0 Å². The lowest BCUT2D eigenvalue weighted by molar-refractivity contribution is -0.384. The number of thioether (sulfide) groups is 1. The highest BCUT2D eigenvalue weighted by atomic mass is 32.2. The number of aromatic amines is 1. The van der Waals surface area contributed by atoms with E-state index in [1.807, 2.05) is 13.8 Å². The number of nitrogens with zero attached hydrogens (tertiary/aromatic N) is 3. The average molecular weight is 364 g/mol. The maximum Gasteiger partial charge on any atom is 0.269 e. The minimum atomic E-state index is -0.576. The Morgan fingerprint density at radius 1 is 1.28 bits per heavy atom. The van der Waals surface area contributed by atoms with Crippen LogP contribution in [0.4, 0.5) is 5.69 Å². The van der Waals surface area contributed by atoms with Gasteiger partial charge in [0.1, 0.15) is 5.82 Å². The largest absolute Gasteiger partial charge is 0.272 e. The van der Waals surface area contributed by atoms with Crippen LogP contribution in [-0.4, -0.2) is 37.7 Å². The molecular formula is C14H16N6O4S. The zero-order chi connectivity index (χ0) is 18.4. The molecule has 0 aliphatic rings. The van der Waals surface area contributed by atoms with Crippen LogP contribution < -0.4 is 10.9 Å². The molecule has 3 N–H and O–H groups in total. The number of H-pyrrole nitrogens is 1. The molecule has 0 radical (unpaired) electrons. The van der Waals surface area contributed by atoms with E-state index in [9.17, 15) is 19.7 Å². The second-order valence-electron chi connectivity index (χ2n) is 5.25. The molecule has 1 heterocycles. The second kappa shape index (κ2) is 8.24. The fourth-order valence-electron chi connectivity index (χ4n) is 1.68. The Kier molecular flexibility index (Phi) is 6.06. The molecule has 2 amide bonds. The summed E-state index contributed by atoms with van der Waals surface area (Å²) in [5.74, 6) is -0.0499. The Morgan fingerprint density at radius 2 is 1.96 bits per heavy atom. The van der Waals surface area contributed by atoms with E-state index in [0.29, 0.717) is 5.16 Å². The van der Waals surface area contributed by atoms with E-state index >= 15 is 0 Å². The number of nitro groups is 1. The van der Waals surface area contributed by atoms with Gasteiger partial charge in [0.25, 0.3) is 11.6 Å². The molecule has 0 fully saturated rings. The van der Waals surface area contributed by atoms with Crippen molar-refractivity contribution in [3.63, 3.8) is 0 Å². The Morgan fingerprint density at radius 3 is 2.52 bits per heavy atom. The smallest absolute Gasteiger partial charge is 0.269 e. The van der Waals surface area contributed by atoms with E-state index in [2.05, 4.69) is 26.0 Å². The number of hydrogen-bond donors (Lipinski definition) is 3. The minimum absolute atomic E-state index is 0.0237. The van der Waals surface area contributed by atoms with Crippen LogP contribution in [-0.2, 0) is 4.79 Å². The summed E-state index contributed by atoms with van der Waals surface area (Å²) in [7, 11) is 0. The van der Waals surface area contributed by atoms with Crippen LogP contribution >= 0.6 is 11.8 Å². The zero-order valence-corrected chi connectivity index (χ0v) is 14.3. The van der Waals surface area contributed by atoms with Crippen LogP contribution in [0, 0.1) is 10.1 Å². The van der Waals surface area contributed by atoms with Crippen molar-refractivity contribution in [2.45, 2.75) is 24.9 Å². The van der Waals surface area contributed by atoms with Crippen molar-refractivity contribution >= 4 is 29.3 Å². The lowest BCUT2D eigenvalue weighted by atomic mass is 10.2. The first-order valence-corrected chi connectivity index (χ1v) is 8.24. The standard InChI is InChI=1S/C14H16N6O4S/c1-8(2)12-15-14(19-17-12)25-7-11(21)16-18-13(22)9-3-5-10(6-4-9)20(23)24/h3-6,8H,7H2,1-2H3,(H,16,21)(H,18,22)(H,15,17,19). The molecule has 0 spiro atoms. The summed E-state index contributed by atoms with van der Waals surface area (Å²) in [6.07, 6.45) is 0. The van der Waals surface area contributed by atoms with E-state index in [-0.39, 0.29) is 22.9 Å². The summed E-state index contributed by atoms with van der Waals surface area (Å²) in [6.45, 7) is 3.94. The number of nitro benzene ring substituents is 1. The summed E-state index contributed by atoms with van der Waals surface area (Å²) in [5.41, 5.74) is 4.56. The molecule has 11 heteroatoms. The summed E-state index contributed by atoms with van der Waals surface area (Å²) >= 11 is 1.13. The zero-order valence-electron chi connectivity index (χ0n) is 13.5. The number of amides is 2. The number of nitrogens with one attached hydrogen (secondary N) is 3. The van der Waals surface area contributed by atoms with Gasteiger partial charge >= 0.3 is 0 Å². The monoisotopic (exact) mass is 364 g/mol. The molecule has 132 valence electrons. The van der Waals surface area contributed by atoms with Crippen molar-refractivity contribution in [3.05, 3.63) is 45.8 Å². The van der Waals surface area contributed by atoms with Crippen LogP contribution in [0.3, 0.4) is 0 Å². The fourth-order valence-corrected chi connectivity index (χ4v) is 2.29. The Bertz CT molecular complexity index is 774. The normalized spacial score (nSPS) is 10.5. The van der Waals surface area contributed by atoms with E-state index in [4.69, 9.17) is 0 Å². The van der Waals surface area contributed by atoms with Gasteiger partial charge in [-0.15, -0.1) is 5.10 Å². The summed E-state index contributed by atoms with van der Waals surface area (Å²) in [5, 5.41) is 17.8. The number of aromatic nitrogens is 3. The quantitative estimate of drug-likeness (QED) is 0.399. The third-order valence-corrected chi connectivity index (χ3v) is 3.86. The van der Waals surface area contributed by atoms with Crippen LogP contribution in [0.5, 0.6) is 0 Å². The molecule has 0 saturated carbocycles. The number of hydrogen-bond acceptors (Lipinski definition) is 7. The second-order valence-corrected chi connectivity index (χ2v) is 6.20. The lowest BCUT2D eigenvalue weighted by Gasteiger charge is -2.06. The van der Waals surface area contributed by atoms with Crippen molar-refractivity contribution in [2.75, 3.05) is 5.75 Å². The van der Waals surface area contributed by atoms with E-state index < -0.39 is 16.7 Å². The first-order valence-electron chi connectivity index (χ1n) is 7.25. The Labute approximate surface area is 146 Å². The van der Waals surface area contributed by atoms with Crippen molar-refractivity contribution < 1.29 is 14.5 Å². The molecule has 2 aromatic rings. The summed E-state index contributed by atoms with van der Waals surface area (Å²) < 4.78 is 0. The van der Waals surface area contributed by atoms with Crippen molar-refractivity contribution in [1.29, 1.82) is 0 Å². The number of benzene rings is 1. The van der Waals surface area contributed by atoms with Crippen LogP contribution in [0.2, 0.25) is 0 Å². The van der Waals surface area contributed by atoms with Gasteiger partial charge in [0.05, 0.1) is 10.7 Å². The number of non-ortho nitro benzene ring substituents is 1. The van der Waals surface area contributed by atoms with Gasteiger partial charge in [0.15, 0.2) is 0 Å². The first-order chi connectivity index (χ1) is 11.9. The highest BCUT2D eigenvalue weighted by molar-refractivity contribution is 7.99.